The Bertz CT molecular complexity index is 1590. The Balaban J connectivity index is 1.76. The summed E-state index contributed by atoms with van der Waals surface area (Å²) in [5.74, 6) is 0.655. The van der Waals surface area contributed by atoms with Gasteiger partial charge in [0.25, 0.3) is 11.8 Å². The predicted molar refractivity (Wildman–Crippen MR) is 147 cm³/mol. The number of imidazole rings is 1. The van der Waals surface area contributed by atoms with Gasteiger partial charge < -0.3 is 25.1 Å². The number of amides is 2. The Hall–Kier alpha value is -4.66. The van der Waals surface area contributed by atoms with Crippen LogP contribution in [0.5, 0.6) is 5.75 Å². The van der Waals surface area contributed by atoms with Gasteiger partial charge in [0.05, 0.1) is 40.5 Å². The van der Waals surface area contributed by atoms with E-state index < -0.39 is 5.54 Å². The molecule has 4 aromatic rings. The van der Waals surface area contributed by atoms with Crippen molar-refractivity contribution >= 4 is 34.4 Å². The van der Waals surface area contributed by atoms with Crippen LogP contribution in [0.15, 0.2) is 59.6 Å². The minimum absolute atomic E-state index is 0.309. The molecule has 0 radical (unpaired) electrons. The lowest BCUT2D eigenvalue weighted by molar-refractivity contribution is 0.0962. The highest BCUT2D eigenvalue weighted by molar-refractivity contribution is 6.17. The summed E-state index contributed by atoms with van der Waals surface area (Å²) < 4.78 is 11.9. The molecule has 2 amide bonds. The summed E-state index contributed by atoms with van der Waals surface area (Å²) in [4.78, 5) is 39.3. The number of aromatic nitrogens is 2. The fourth-order valence-corrected chi connectivity index (χ4v) is 4.60. The Morgan fingerprint density at radius 2 is 1.82 bits per heavy atom. The number of carbonyl (C=O) groups is 2. The molecule has 3 N–H and O–H groups in total. The maximum atomic E-state index is 13.7. The fourth-order valence-electron chi connectivity index (χ4n) is 4.60. The van der Waals surface area contributed by atoms with Crippen molar-refractivity contribution in [1.82, 2.24) is 15.3 Å². The van der Waals surface area contributed by atoms with E-state index in [9.17, 15) is 9.59 Å². The molecule has 9 heteroatoms. The van der Waals surface area contributed by atoms with Crippen LogP contribution >= 0.6 is 0 Å². The van der Waals surface area contributed by atoms with E-state index >= 15 is 0 Å². The van der Waals surface area contributed by atoms with Gasteiger partial charge in [-0.25, -0.2) is 9.98 Å². The molecule has 1 aromatic heterocycles. The van der Waals surface area contributed by atoms with Crippen molar-refractivity contribution in [2.45, 2.75) is 26.3 Å². The number of nitrogens with one attached hydrogen (secondary N) is 3. The Labute approximate surface area is 220 Å². The number of nitrogens with zero attached hydrogens (tertiary/aromatic N) is 2. The molecular formula is C29H29N5O4. The zero-order chi connectivity index (χ0) is 27.0. The molecule has 1 aliphatic rings. The number of methoxy groups -OCH3 is 1. The number of hydrogen-bond donors (Lipinski definition) is 3. The van der Waals surface area contributed by atoms with Crippen molar-refractivity contribution in [2.75, 3.05) is 26.1 Å². The van der Waals surface area contributed by atoms with Crippen LogP contribution in [0.2, 0.25) is 0 Å². The maximum absolute atomic E-state index is 13.7. The van der Waals surface area contributed by atoms with E-state index in [-0.39, 0.29) is 11.8 Å². The van der Waals surface area contributed by atoms with E-state index in [1.165, 1.54) is 7.11 Å². The topological polar surface area (TPSA) is 118 Å². The lowest BCUT2D eigenvalue weighted by Gasteiger charge is -2.21. The smallest absolute Gasteiger partial charge is 0.258 e. The summed E-state index contributed by atoms with van der Waals surface area (Å²) in [6, 6.07) is 16.5. The molecule has 0 fully saturated rings. The van der Waals surface area contributed by atoms with Crippen LogP contribution in [0.1, 0.15) is 46.0 Å². The second-order valence-corrected chi connectivity index (χ2v) is 9.70. The Morgan fingerprint density at radius 1 is 1.05 bits per heavy atom. The summed E-state index contributed by atoms with van der Waals surface area (Å²) >= 11 is 0. The predicted octanol–water partition coefficient (Wildman–Crippen LogP) is 4.71. The highest BCUT2D eigenvalue weighted by Crippen LogP contribution is 2.43. The third kappa shape index (κ3) is 4.47. The lowest BCUT2D eigenvalue weighted by Crippen LogP contribution is -2.22. The largest absolute Gasteiger partial charge is 0.494 e. The minimum atomic E-state index is -0.465. The zero-order valence-corrected chi connectivity index (χ0v) is 21.9. The summed E-state index contributed by atoms with van der Waals surface area (Å²) in [7, 11) is 3.08. The monoisotopic (exact) mass is 511 g/mol. The van der Waals surface area contributed by atoms with Gasteiger partial charge in [-0.1, -0.05) is 36.4 Å². The average molecular weight is 512 g/mol. The third-order valence-electron chi connectivity index (χ3n) is 6.33. The SMILES string of the molecule is CNC(=O)c1cc(C2=NC(C)(C)CO2)c(NC(=O)c2cccc3[nH]c(C)nc23)c(OC)c1-c1ccccc1. The molecule has 5 rings (SSSR count). The van der Waals surface area contributed by atoms with Crippen LogP contribution in [0, 0.1) is 6.92 Å². The van der Waals surface area contributed by atoms with Gasteiger partial charge in [0.2, 0.25) is 5.90 Å². The van der Waals surface area contributed by atoms with Gasteiger partial charge >= 0.3 is 0 Å². The minimum Gasteiger partial charge on any atom is -0.494 e. The number of rotatable bonds is 6. The number of para-hydroxylation sites is 1. The Morgan fingerprint density at radius 3 is 2.47 bits per heavy atom. The maximum Gasteiger partial charge on any atom is 0.258 e. The molecule has 9 nitrogen and oxygen atoms in total. The number of benzene rings is 3. The first-order chi connectivity index (χ1) is 18.2. The Kier molecular flexibility index (Phi) is 6.36. The normalized spacial score (nSPS) is 14.1. The van der Waals surface area contributed by atoms with Crippen LogP contribution in [-0.2, 0) is 4.74 Å². The third-order valence-corrected chi connectivity index (χ3v) is 6.33. The zero-order valence-electron chi connectivity index (χ0n) is 21.9. The molecule has 0 spiro atoms. The van der Waals surface area contributed by atoms with Gasteiger partial charge in [0.15, 0.2) is 5.75 Å². The van der Waals surface area contributed by atoms with Crippen molar-refractivity contribution in [3.05, 3.63) is 77.1 Å². The highest BCUT2D eigenvalue weighted by atomic mass is 16.5. The number of fused-ring (bicyclic) bond motifs is 1. The number of ether oxygens (including phenoxy) is 2. The molecule has 38 heavy (non-hydrogen) atoms. The van der Waals surface area contributed by atoms with Crippen LogP contribution in [0.3, 0.4) is 0 Å². The van der Waals surface area contributed by atoms with E-state index in [0.717, 1.165) is 11.1 Å². The van der Waals surface area contributed by atoms with Gasteiger partial charge in [-0.15, -0.1) is 0 Å². The molecule has 194 valence electrons. The summed E-state index contributed by atoms with van der Waals surface area (Å²) in [5, 5.41) is 5.75. The van der Waals surface area contributed by atoms with Gasteiger partial charge in [-0.3, -0.25) is 9.59 Å². The van der Waals surface area contributed by atoms with Crippen molar-refractivity contribution < 1.29 is 19.1 Å². The second kappa shape index (κ2) is 9.66. The molecule has 2 heterocycles. The van der Waals surface area contributed by atoms with E-state index in [2.05, 4.69) is 20.6 Å². The molecule has 0 bridgehead atoms. The summed E-state index contributed by atoms with van der Waals surface area (Å²) in [5.41, 5.74) is 3.71. The van der Waals surface area contributed by atoms with Crippen molar-refractivity contribution in [1.29, 1.82) is 0 Å². The molecule has 0 aliphatic carbocycles. The summed E-state index contributed by atoms with van der Waals surface area (Å²) in [6.07, 6.45) is 0. The van der Waals surface area contributed by atoms with E-state index in [0.29, 0.717) is 57.5 Å². The number of carbonyl (C=O) groups excluding carboxylic acids is 2. The van der Waals surface area contributed by atoms with Gasteiger partial charge in [0.1, 0.15) is 17.9 Å². The van der Waals surface area contributed by atoms with E-state index in [1.54, 1.807) is 25.2 Å². The van der Waals surface area contributed by atoms with Crippen LogP contribution in [0.25, 0.3) is 22.2 Å². The van der Waals surface area contributed by atoms with Crippen LogP contribution in [0.4, 0.5) is 5.69 Å². The standard InChI is InChI=1S/C29H29N5O4/c1-16-31-21-13-9-12-18(23(21)32-16)27(36)33-24-20(28-34-29(2,3)15-38-28)14-19(26(35)30-4)22(25(24)37-5)17-10-7-6-8-11-17/h6-14H,15H2,1-5H3,(H,30,35)(H,31,32)(H,33,36). The first-order valence-corrected chi connectivity index (χ1v) is 12.2. The van der Waals surface area contributed by atoms with E-state index in [1.807, 2.05) is 57.2 Å². The van der Waals surface area contributed by atoms with Crippen molar-refractivity contribution in [3.63, 3.8) is 0 Å². The number of hydrogen-bond acceptors (Lipinski definition) is 6. The number of aromatic amines is 1. The quantitative estimate of drug-likeness (QED) is 0.346. The van der Waals surface area contributed by atoms with Crippen molar-refractivity contribution in [2.24, 2.45) is 4.99 Å². The van der Waals surface area contributed by atoms with Crippen LogP contribution < -0.4 is 15.4 Å². The van der Waals surface area contributed by atoms with Gasteiger partial charge in [-0.2, -0.15) is 0 Å². The molecular weight excluding hydrogens is 482 g/mol. The van der Waals surface area contributed by atoms with Gasteiger partial charge in [-0.05, 0) is 44.5 Å². The molecule has 0 saturated carbocycles. The molecule has 1 aliphatic heterocycles. The first-order valence-electron chi connectivity index (χ1n) is 12.2. The molecule has 0 saturated heterocycles. The second-order valence-electron chi connectivity index (χ2n) is 9.70. The van der Waals surface area contributed by atoms with Gasteiger partial charge in [0, 0.05) is 12.6 Å². The number of H-pyrrole nitrogens is 1. The number of aryl methyl sites for hydroxylation is 1. The fraction of sp³-hybridized carbons (Fsp3) is 0.241. The lowest BCUT2D eigenvalue weighted by atomic mass is 9.93. The van der Waals surface area contributed by atoms with E-state index in [4.69, 9.17) is 14.5 Å². The van der Waals surface area contributed by atoms with Crippen LogP contribution in [-0.4, -0.2) is 54.0 Å². The number of aliphatic imine (C=N–C) groups is 1. The number of anilines is 1. The van der Waals surface area contributed by atoms with Crippen molar-refractivity contribution in [3.8, 4) is 16.9 Å². The molecule has 3 aromatic carbocycles. The summed E-state index contributed by atoms with van der Waals surface area (Å²) in [6.45, 7) is 6.10. The molecule has 0 atom stereocenters. The molecule has 0 unspecified atom stereocenters. The first kappa shape index (κ1) is 25.0. The average Bonchev–Trinajstić information content (AvgIpc) is 3.48. The highest BCUT2D eigenvalue weighted by Gasteiger charge is 2.33.